The number of alkyl halides is 3. The fraction of sp³-hybridized carbons (Fsp3) is 0.538. The zero-order valence-corrected chi connectivity index (χ0v) is 11.6. The Hall–Kier alpha value is -1.79. The van der Waals surface area contributed by atoms with E-state index in [0.29, 0.717) is 5.69 Å². The number of anilines is 1. The topological polar surface area (TPSA) is 68.0 Å². The highest BCUT2D eigenvalue weighted by molar-refractivity contribution is 5.94. The van der Waals surface area contributed by atoms with E-state index in [0.717, 1.165) is 0 Å². The Kier molecular flexibility index (Phi) is 4.62. The molecule has 0 aliphatic heterocycles. The molecular formula is C13H18F3N3O. The third-order valence-corrected chi connectivity index (χ3v) is 2.57. The van der Waals surface area contributed by atoms with Crippen LogP contribution in [-0.4, -0.2) is 23.6 Å². The van der Waals surface area contributed by atoms with E-state index in [4.69, 9.17) is 5.73 Å². The molecule has 1 rings (SSSR count). The van der Waals surface area contributed by atoms with Crippen molar-refractivity contribution in [3.63, 3.8) is 0 Å². The van der Waals surface area contributed by atoms with E-state index >= 15 is 0 Å². The lowest BCUT2D eigenvalue weighted by atomic mass is 9.90. The van der Waals surface area contributed by atoms with Gasteiger partial charge in [-0.05, 0) is 12.1 Å². The first-order chi connectivity index (χ1) is 8.99. The SMILES string of the molecule is CC(C)(C)c1cc(C(=O)NCCC(F)(F)F)cc(N)n1. The second kappa shape index (κ2) is 5.68. The van der Waals surface area contributed by atoms with E-state index < -0.39 is 25.0 Å². The molecule has 0 spiro atoms. The summed E-state index contributed by atoms with van der Waals surface area (Å²) >= 11 is 0. The Morgan fingerprint density at radius 3 is 2.40 bits per heavy atom. The van der Waals surface area contributed by atoms with Gasteiger partial charge < -0.3 is 11.1 Å². The maximum Gasteiger partial charge on any atom is 0.390 e. The summed E-state index contributed by atoms with van der Waals surface area (Å²) in [5.74, 6) is -0.424. The predicted molar refractivity (Wildman–Crippen MR) is 70.4 cm³/mol. The van der Waals surface area contributed by atoms with Gasteiger partial charge in [-0.1, -0.05) is 20.8 Å². The zero-order chi connectivity index (χ0) is 15.6. The van der Waals surface area contributed by atoms with Gasteiger partial charge in [-0.3, -0.25) is 4.79 Å². The van der Waals surface area contributed by atoms with Gasteiger partial charge in [0.1, 0.15) is 5.82 Å². The molecule has 0 saturated heterocycles. The van der Waals surface area contributed by atoms with Crippen molar-refractivity contribution in [2.45, 2.75) is 38.8 Å². The molecule has 1 aromatic heterocycles. The van der Waals surface area contributed by atoms with E-state index in [-0.39, 0.29) is 16.8 Å². The number of halogens is 3. The van der Waals surface area contributed by atoms with Crippen LogP contribution in [0.5, 0.6) is 0 Å². The number of nitrogens with one attached hydrogen (secondary N) is 1. The number of carbonyl (C=O) groups excluding carboxylic acids is 1. The summed E-state index contributed by atoms with van der Waals surface area (Å²) in [5.41, 5.74) is 6.13. The maximum absolute atomic E-state index is 12.0. The second-order valence-electron chi connectivity index (χ2n) is 5.54. The van der Waals surface area contributed by atoms with E-state index in [1.807, 2.05) is 20.8 Å². The molecular weight excluding hydrogens is 271 g/mol. The highest BCUT2D eigenvalue weighted by Crippen LogP contribution is 2.22. The van der Waals surface area contributed by atoms with Crippen LogP contribution in [0.4, 0.5) is 19.0 Å². The monoisotopic (exact) mass is 289 g/mol. The Bertz CT molecular complexity index is 493. The van der Waals surface area contributed by atoms with Crippen LogP contribution >= 0.6 is 0 Å². The van der Waals surface area contributed by atoms with Crippen molar-refractivity contribution in [1.82, 2.24) is 10.3 Å². The van der Waals surface area contributed by atoms with Gasteiger partial charge in [0, 0.05) is 23.2 Å². The second-order valence-corrected chi connectivity index (χ2v) is 5.54. The number of carbonyl (C=O) groups is 1. The van der Waals surface area contributed by atoms with Gasteiger partial charge in [0.15, 0.2) is 0 Å². The van der Waals surface area contributed by atoms with Crippen molar-refractivity contribution in [3.05, 3.63) is 23.4 Å². The molecule has 4 nitrogen and oxygen atoms in total. The number of hydrogen-bond donors (Lipinski definition) is 2. The van der Waals surface area contributed by atoms with Gasteiger partial charge in [0.05, 0.1) is 6.42 Å². The fourth-order valence-corrected chi connectivity index (χ4v) is 1.49. The van der Waals surface area contributed by atoms with Crippen LogP contribution < -0.4 is 11.1 Å². The summed E-state index contributed by atoms with van der Waals surface area (Å²) in [6.45, 7) is 5.25. The minimum Gasteiger partial charge on any atom is -0.384 e. The lowest BCUT2D eigenvalue weighted by Gasteiger charge is -2.19. The quantitative estimate of drug-likeness (QED) is 0.899. The first-order valence-electron chi connectivity index (χ1n) is 6.12. The first-order valence-corrected chi connectivity index (χ1v) is 6.12. The van der Waals surface area contributed by atoms with Crippen LogP contribution in [0.3, 0.4) is 0 Å². The van der Waals surface area contributed by atoms with Crippen molar-refractivity contribution in [2.75, 3.05) is 12.3 Å². The van der Waals surface area contributed by atoms with Crippen LogP contribution in [0.25, 0.3) is 0 Å². The lowest BCUT2D eigenvalue weighted by molar-refractivity contribution is -0.132. The first kappa shape index (κ1) is 16.3. The smallest absolute Gasteiger partial charge is 0.384 e. The van der Waals surface area contributed by atoms with Crippen molar-refractivity contribution in [2.24, 2.45) is 0 Å². The Labute approximate surface area is 115 Å². The summed E-state index contributed by atoms with van der Waals surface area (Å²) in [5, 5.41) is 2.22. The van der Waals surface area contributed by atoms with Crippen LogP contribution in [-0.2, 0) is 5.41 Å². The van der Waals surface area contributed by atoms with Crippen LogP contribution in [0.2, 0.25) is 0 Å². The van der Waals surface area contributed by atoms with Crippen LogP contribution in [0.1, 0.15) is 43.2 Å². The Balaban J connectivity index is 2.81. The van der Waals surface area contributed by atoms with Gasteiger partial charge >= 0.3 is 6.18 Å². The molecule has 0 aliphatic carbocycles. The average Bonchev–Trinajstić information content (AvgIpc) is 2.25. The lowest BCUT2D eigenvalue weighted by Crippen LogP contribution is -2.28. The average molecular weight is 289 g/mol. The molecule has 7 heteroatoms. The fourth-order valence-electron chi connectivity index (χ4n) is 1.49. The van der Waals surface area contributed by atoms with Gasteiger partial charge in [-0.2, -0.15) is 13.2 Å². The Morgan fingerprint density at radius 2 is 1.90 bits per heavy atom. The molecule has 0 atom stereocenters. The van der Waals surface area contributed by atoms with Gasteiger partial charge in [-0.25, -0.2) is 4.98 Å². The molecule has 1 amide bonds. The van der Waals surface area contributed by atoms with Crippen molar-refractivity contribution >= 4 is 11.7 Å². The van der Waals surface area contributed by atoms with Crippen LogP contribution in [0.15, 0.2) is 12.1 Å². The molecule has 1 heterocycles. The predicted octanol–water partition coefficient (Wildman–Crippen LogP) is 2.64. The summed E-state index contributed by atoms with van der Waals surface area (Å²) in [4.78, 5) is 15.9. The number of nitrogens with zero attached hydrogens (tertiary/aromatic N) is 1. The summed E-state index contributed by atoms with van der Waals surface area (Å²) in [6, 6.07) is 2.89. The van der Waals surface area contributed by atoms with Crippen LogP contribution in [0, 0.1) is 0 Å². The molecule has 0 saturated carbocycles. The number of hydrogen-bond acceptors (Lipinski definition) is 3. The molecule has 0 bridgehead atoms. The molecule has 3 N–H and O–H groups in total. The largest absolute Gasteiger partial charge is 0.390 e. The minimum atomic E-state index is -4.29. The highest BCUT2D eigenvalue weighted by Gasteiger charge is 2.26. The molecule has 0 aromatic carbocycles. The third-order valence-electron chi connectivity index (χ3n) is 2.57. The third kappa shape index (κ3) is 5.07. The highest BCUT2D eigenvalue weighted by atomic mass is 19.4. The molecule has 0 aliphatic rings. The Morgan fingerprint density at radius 1 is 1.30 bits per heavy atom. The molecule has 0 fully saturated rings. The normalized spacial score (nSPS) is 12.3. The molecule has 1 aromatic rings. The standard InChI is InChI=1S/C13H18F3N3O/c1-12(2,3)9-6-8(7-10(17)19-9)11(20)18-5-4-13(14,15)16/h6-7H,4-5H2,1-3H3,(H2,17,19)(H,18,20). The summed E-state index contributed by atoms with van der Waals surface area (Å²) in [7, 11) is 0. The number of nitrogen functional groups attached to an aromatic ring is 1. The number of nitrogens with two attached hydrogens (primary N) is 1. The zero-order valence-electron chi connectivity index (χ0n) is 11.6. The van der Waals surface area contributed by atoms with Crippen molar-refractivity contribution < 1.29 is 18.0 Å². The number of pyridine rings is 1. The molecule has 0 radical (unpaired) electrons. The van der Waals surface area contributed by atoms with Gasteiger partial charge in [0.25, 0.3) is 5.91 Å². The van der Waals surface area contributed by atoms with E-state index in [2.05, 4.69) is 10.3 Å². The summed E-state index contributed by atoms with van der Waals surface area (Å²) in [6.07, 6.45) is -5.35. The van der Waals surface area contributed by atoms with Crippen molar-refractivity contribution in [1.29, 1.82) is 0 Å². The molecule has 20 heavy (non-hydrogen) atoms. The van der Waals surface area contributed by atoms with Crippen molar-refractivity contribution in [3.8, 4) is 0 Å². The molecule has 112 valence electrons. The minimum absolute atomic E-state index is 0.165. The number of rotatable bonds is 3. The maximum atomic E-state index is 12.0. The number of amides is 1. The van der Waals surface area contributed by atoms with Gasteiger partial charge in [0.2, 0.25) is 0 Å². The van der Waals surface area contributed by atoms with E-state index in [9.17, 15) is 18.0 Å². The summed E-state index contributed by atoms with van der Waals surface area (Å²) < 4.78 is 36.0. The van der Waals surface area contributed by atoms with E-state index in [1.54, 1.807) is 6.07 Å². The molecule has 0 unspecified atom stereocenters. The van der Waals surface area contributed by atoms with Gasteiger partial charge in [-0.15, -0.1) is 0 Å². The number of aromatic nitrogens is 1. The van der Waals surface area contributed by atoms with E-state index in [1.165, 1.54) is 6.07 Å².